The summed E-state index contributed by atoms with van der Waals surface area (Å²) in [6, 6.07) is 6.98. The third kappa shape index (κ3) is 4.09. The summed E-state index contributed by atoms with van der Waals surface area (Å²) in [4.78, 5) is 25.2. The van der Waals surface area contributed by atoms with Crippen LogP contribution >= 0.6 is 0 Å². The number of hydrogen-bond acceptors (Lipinski definition) is 3. The summed E-state index contributed by atoms with van der Waals surface area (Å²) < 4.78 is 4.73. The predicted octanol–water partition coefficient (Wildman–Crippen LogP) is 3.02. The van der Waals surface area contributed by atoms with Gasteiger partial charge < -0.3 is 9.64 Å². The minimum absolute atomic E-state index is 0.0183. The topological polar surface area (TPSA) is 46.6 Å². The van der Waals surface area contributed by atoms with Gasteiger partial charge in [0, 0.05) is 13.5 Å². The number of rotatable bonds is 6. The van der Waals surface area contributed by atoms with Crippen LogP contribution in [0, 0.1) is 0 Å². The molecule has 0 saturated heterocycles. The number of para-hydroxylation sites is 1. The number of esters is 1. The van der Waals surface area contributed by atoms with E-state index in [2.05, 4.69) is 6.92 Å². The Morgan fingerprint density at radius 2 is 1.89 bits per heavy atom. The Kier molecular flexibility index (Phi) is 6.06. The molecule has 104 valence electrons. The summed E-state index contributed by atoms with van der Waals surface area (Å²) in [5, 5.41) is 0. The second-order valence-electron chi connectivity index (χ2n) is 4.42. The lowest BCUT2D eigenvalue weighted by Gasteiger charge is -2.19. The van der Waals surface area contributed by atoms with Gasteiger partial charge in [-0.05, 0) is 18.6 Å². The number of carbonyl (C=O) groups is 2. The average Bonchev–Trinajstić information content (AvgIpc) is 2.45. The largest absolute Gasteiger partial charge is 0.465 e. The van der Waals surface area contributed by atoms with Gasteiger partial charge in [0.25, 0.3) is 0 Å². The second kappa shape index (κ2) is 7.56. The number of hydrogen-bond donors (Lipinski definition) is 0. The van der Waals surface area contributed by atoms with E-state index in [1.54, 1.807) is 31.3 Å². The van der Waals surface area contributed by atoms with Crippen molar-refractivity contribution in [2.45, 2.75) is 32.6 Å². The average molecular weight is 263 g/mol. The van der Waals surface area contributed by atoms with Gasteiger partial charge in [0.1, 0.15) is 0 Å². The molecule has 0 N–H and O–H groups in total. The van der Waals surface area contributed by atoms with Crippen molar-refractivity contribution in [3.8, 4) is 0 Å². The van der Waals surface area contributed by atoms with Gasteiger partial charge in [-0.25, -0.2) is 4.79 Å². The summed E-state index contributed by atoms with van der Waals surface area (Å²) >= 11 is 0. The maximum atomic E-state index is 12.1. The molecule has 0 unspecified atom stereocenters. The number of ether oxygens (including phenoxy) is 1. The highest BCUT2D eigenvalue weighted by molar-refractivity contribution is 6.02. The van der Waals surface area contributed by atoms with E-state index in [-0.39, 0.29) is 5.91 Å². The van der Waals surface area contributed by atoms with Gasteiger partial charge in [0.2, 0.25) is 5.91 Å². The number of nitrogens with zero attached hydrogens (tertiary/aromatic N) is 1. The third-order valence-corrected chi connectivity index (χ3v) is 3.04. The molecular weight excluding hydrogens is 242 g/mol. The Bertz CT molecular complexity index is 443. The zero-order valence-corrected chi connectivity index (χ0v) is 11.8. The molecule has 4 heteroatoms. The minimum atomic E-state index is -0.427. The summed E-state index contributed by atoms with van der Waals surface area (Å²) in [7, 11) is 3.03. The first-order valence-corrected chi connectivity index (χ1v) is 6.55. The van der Waals surface area contributed by atoms with Crippen LogP contribution in [0.25, 0.3) is 0 Å². The lowest BCUT2D eigenvalue weighted by Crippen LogP contribution is -2.27. The minimum Gasteiger partial charge on any atom is -0.465 e. The molecule has 1 amide bonds. The number of anilines is 1. The van der Waals surface area contributed by atoms with Gasteiger partial charge in [-0.2, -0.15) is 0 Å². The number of amides is 1. The smallest absolute Gasteiger partial charge is 0.339 e. The van der Waals surface area contributed by atoms with E-state index in [0.29, 0.717) is 17.7 Å². The molecule has 1 rings (SSSR count). The van der Waals surface area contributed by atoms with Gasteiger partial charge in [0.05, 0.1) is 18.4 Å². The summed E-state index contributed by atoms with van der Waals surface area (Å²) in [6.07, 6.45) is 3.49. The first kappa shape index (κ1) is 15.2. The van der Waals surface area contributed by atoms with E-state index < -0.39 is 5.97 Å². The molecule has 0 bridgehead atoms. The molecule has 1 aromatic carbocycles. The molecule has 0 fully saturated rings. The fourth-order valence-electron chi connectivity index (χ4n) is 1.88. The van der Waals surface area contributed by atoms with Crippen LogP contribution in [0.1, 0.15) is 43.0 Å². The lowest BCUT2D eigenvalue weighted by atomic mass is 10.1. The van der Waals surface area contributed by atoms with Crippen molar-refractivity contribution in [2.24, 2.45) is 0 Å². The van der Waals surface area contributed by atoms with Crippen LogP contribution in [0.5, 0.6) is 0 Å². The summed E-state index contributed by atoms with van der Waals surface area (Å²) in [6.45, 7) is 2.10. The highest BCUT2D eigenvalue weighted by Gasteiger charge is 2.18. The molecule has 0 aliphatic carbocycles. The molecule has 0 heterocycles. The maximum absolute atomic E-state index is 12.1. The predicted molar refractivity (Wildman–Crippen MR) is 75.3 cm³/mol. The van der Waals surface area contributed by atoms with Crippen LogP contribution < -0.4 is 4.90 Å². The highest BCUT2D eigenvalue weighted by atomic mass is 16.5. The van der Waals surface area contributed by atoms with Crippen LogP contribution in [0.15, 0.2) is 24.3 Å². The van der Waals surface area contributed by atoms with E-state index >= 15 is 0 Å². The Morgan fingerprint density at radius 1 is 1.21 bits per heavy atom. The molecule has 0 aliphatic rings. The maximum Gasteiger partial charge on any atom is 0.339 e. The number of benzene rings is 1. The molecule has 0 aromatic heterocycles. The standard InChI is InChI=1S/C15H21NO3/c1-4-5-6-11-14(17)16(2)13-10-8-7-9-12(13)15(18)19-3/h7-10H,4-6,11H2,1-3H3. The molecule has 0 aliphatic heterocycles. The molecular formula is C15H21NO3. The van der Waals surface area contributed by atoms with Gasteiger partial charge in [-0.1, -0.05) is 31.9 Å². The Balaban J connectivity index is 2.84. The van der Waals surface area contributed by atoms with Crippen molar-refractivity contribution in [2.75, 3.05) is 19.1 Å². The van der Waals surface area contributed by atoms with E-state index in [1.165, 1.54) is 12.0 Å². The molecule has 4 nitrogen and oxygen atoms in total. The first-order valence-electron chi connectivity index (χ1n) is 6.55. The SMILES string of the molecule is CCCCCC(=O)N(C)c1ccccc1C(=O)OC. The third-order valence-electron chi connectivity index (χ3n) is 3.04. The fourth-order valence-corrected chi connectivity index (χ4v) is 1.88. The number of carbonyl (C=O) groups excluding carboxylic acids is 2. The Hall–Kier alpha value is -1.84. The fraction of sp³-hybridized carbons (Fsp3) is 0.467. The van der Waals surface area contributed by atoms with E-state index in [9.17, 15) is 9.59 Å². The summed E-state index contributed by atoms with van der Waals surface area (Å²) in [5.41, 5.74) is 1.01. The van der Waals surface area contributed by atoms with Gasteiger partial charge in [0.15, 0.2) is 0 Å². The van der Waals surface area contributed by atoms with Gasteiger partial charge in [-0.3, -0.25) is 4.79 Å². The normalized spacial score (nSPS) is 10.1. The molecule has 0 radical (unpaired) electrons. The first-order chi connectivity index (χ1) is 9.11. The van der Waals surface area contributed by atoms with E-state index in [0.717, 1.165) is 19.3 Å². The van der Waals surface area contributed by atoms with Crippen molar-refractivity contribution in [1.82, 2.24) is 0 Å². The van der Waals surface area contributed by atoms with Gasteiger partial charge >= 0.3 is 5.97 Å². The van der Waals surface area contributed by atoms with Crippen molar-refractivity contribution in [1.29, 1.82) is 0 Å². The molecule has 0 spiro atoms. The summed E-state index contributed by atoms with van der Waals surface area (Å²) in [5.74, 6) is -0.409. The highest BCUT2D eigenvalue weighted by Crippen LogP contribution is 2.21. The second-order valence-corrected chi connectivity index (χ2v) is 4.42. The zero-order valence-electron chi connectivity index (χ0n) is 11.8. The van der Waals surface area contributed by atoms with Crippen molar-refractivity contribution in [3.05, 3.63) is 29.8 Å². The van der Waals surface area contributed by atoms with Crippen LogP contribution in [-0.4, -0.2) is 26.0 Å². The number of methoxy groups -OCH3 is 1. The van der Waals surface area contributed by atoms with Crippen LogP contribution in [0.3, 0.4) is 0 Å². The lowest BCUT2D eigenvalue weighted by molar-refractivity contribution is -0.118. The van der Waals surface area contributed by atoms with E-state index in [1.807, 2.05) is 0 Å². The van der Waals surface area contributed by atoms with Gasteiger partial charge in [-0.15, -0.1) is 0 Å². The quantitative estimate of drug-likeness (QED) is 0.585. The van der Waals surface area contributed by atoms with Crippen molar-refractivity contribution >= 4 is 17.6 Å². The molecule has 0 atom stereocenters. The zero-order chi connectivity index (χ0) is 14.3. The van der Waals surface area contributed by atoms with Crippen molar-refractivity contribution in [3.63, 3.8) is 0 Å². The Morgan fingerprint density at radius 3 is 2.53 bits per heavy atom. The number of unbranched alkanes of at least 4 members (excludes halogenated alkanes) is 2. The van der Waals surface area contributed by atoms with Crippen molar-refractivity contribution < 1.29 is 14.3 Å². The van der Waals surface area contributed by atoms with Crippen LogP contribution in [-0.2, 0) is 9.53 Å². The molecule has 19 heavy (non-hydrogen) atoms. The van der Waals surface area contributed by atoms with Crippen LogP contribution in [0.4, 0.5) is 5.69 Å². The van der Waals surface area contributed by atoms with E-state index in [4.69, 9.17) is 4.74 Å². The molecule has 0 saturated carbocycles. The van der Waals surface area contributed by atoms with Crippen LogP contribution in [0.2, 0.25) is 0 Å². The monoisotopic (exact) mass is 263 g/mol. The molecule has 1 aromatic rings. The Labute approximate surface area is 114 Å².